The summed E-state index contributed by atoms with van der Waals surface area (Å²) in [7, 11) is 0. The number of rotatable bonds is 7. The van der Waals surface area contributed by atoms with E-state index in [-0.39, 0.29) is 48.7 Å². The summed E-state index contributed by atoms with van der Waals surface area (Å²) in [5.41, 5.74) is 0.938. The molecule has 0 bridgehead atoms. The second-order valence-electron chi connectivity index (χ2n) is 12.2. The smallest absolute Gasteiger partial charge is 0.335 e. The minimum absolute atomic E-state index is 0.0517. The summed E-state index contributed by atoms with van der Waals surface area (Å²) in [6, 6.07) is 16.9. The van der Waals surface area contributed by atoms with Gasteiger partial charge in [0, 0.05) is 11.5 Å². The Hall–Kier alpha value is -4.58. The number of amides is 4. The fourth-order valence-electron chi connectivity index (χ4n) is 7.78. The monoisotopic (exact) mass is 692 g/mol. The van der Waals surface area contributed by atoms with Crippen molar-refractivity contribution >= 4 is 64.2 Å². The zero-order valence-electron chi connectivity index (χ0n) is 25.0. The van der Waals surface area contributed by atoms with Crippen LogP contribution in [0.4, 0.5) is 15.8 Å². The highest BCUT2D eigenvalue weighted by atomic mass is 35.5. The van der Waals surface area contributed by atoms with Crippen LogP contribution in [0.1, 0.15) is 34.7 Å². The van der Waals surface area contributed by atoms with Crippen LogP contribution in [-0.2, 0) is 19.2 Å². The average molecular weight is 694 g/mol. The fourth-order valence-corrected chi connectivity index (χ4v) is 8.71. The van der Waals surface area contributed by atoms with E-state index < -0.39 is 68.8 Å². The van der Waals surface area contributed by atoms with Crippen LogP contribution in [0.5, 0.6) is 5.75 Å². The predicted molar refractivity (Wildman–Crippen MR) is 172 cm³/mol. The van der Waals surface area contributed by atoms with Gasteiger partial charge in [-0.25, -0.2) is 14.1 Å². The van der Waals surface area contributed by atoms with Crippen LogP contribution in [-0.4, -0.2) is 62.8 Å². The first-order valence-electron chi connectivity index (χ1n) is 15.2. The second-order valence-corrected chi connectivity index (χ2v) is 13.5. The van der Waals surface area contributed by atoms with Crippen LogP contribution in [0.3, 0.4) is 0 Å². The Labute approximate surface area is 283 Å². The molecule has 13 heteroatoms. The lowest BCUT2D eigenvalue weighted by molar-refractivity contribution is -0.125. The van der Waals surface area contributed by atoms with Crippen molar-refractivity contribution < 1.29 is 43.3 Å². The number of carboxylic acid groups (broad SMARTS) is 1. The van der Waals surface area contributed by atoms with E-state index in [0.29, 0.717) is 11.1 Å². The molecule has 2 aliphatic heterocycles. The number of carbonyl (C=O) groups excluding carboxylic acids is 4. The predicted octanol–water partition coefficient (Wildman–Crippen LogP) is 4.66. The van der Waals surface area contributed by atoms with E-state index in [0.717, 1.165) is 21.9 Å². The Balaban J connectivity index is 1.39. The van der Waals surface area contributed by atoms with E-state index in [1.54, 1.807) is 30.3 Å². The lowest BCUT2D eigenvalue weighted by atomic mass is 9.56. The Morgan fingerprint density at radius 3 is 2.33 bits per heavy atom. The number of anilines is 2. The number of nitrogens with zero attached hydrogens (tertiary/aromatic N) is 2. The molecule has 48 heavy (non-hydrogen) atoms. The second kappa shape index (κ2) is 11.5. The molecule has 2 saturated heterocycles. The van der Waals surface area contributed by atoms with Gasteiger partial charge in [-0.05, 0) is 67.3 Å². The molecule has 2 heterocycles. The van der Waals surface area contributed by atoms with Gasteiger partial charge in [0.25, 0.3) is 11.8 Å². The molecule has 2 N–H and O–H groups in total. The maximum atomic E-state index is 14.5. The zero-order valence-corrected chi connectivity index (χ0v) is 26.5. The summed E-state index contributed by atoms with van der Waals surface area (Å²) in [5, 5.41) is 19.0. The van der Waals surface area contributed by atoms with Crippen molar-refractivity contribution in [1.29, 1.82) is 0 Å². The third kappa shape index (κ3) is 4.44. The topological polar surface area (TPSA) is 142 Å². The number of aliphatic hydroxyl groups excluding tert-OH is 1. The number of ether oxygens (including phenoxy) is 1. The highest BCUT2D eigenvalue weighted by Crippen LogP contribution is 2.66. The number of aromatic carboxylic acids is 1. The summed E-state index contributed by atoms with van der Waals surface area (Å²) < 4.78 is 19.7. The number of imide groups is 2. The third-order valence-corrected chi connectivity index (χ3v) is 11.2. The number of aliphatic hydroxyl groups is 1. The number of carboxylic acids is 1. The molecular weight excluding hydrogens is 666 g/mol. The zero-order chi connectivity index (χ0) is 34.1. The van der Waals surface area contributed by atoms with Gasteiger partial charge in [-0.15, -0.1) is 23.2 Å². The van der Waals surface area contributed by atoms with Crippen molar-refractivity contribution in [2.45, 2.75) is 28.5 Å². The standard InChI is InChI=1S/C35H27Cl2FN2O8/c36-34-17-25-22(12-13-24-27(25)30(43)39(29(24)42)21-5-3-4-18(16-21)31(44)45)28(23-6-1-2-7-26(23)48-15-14-41)35(34,37)33(47)40(32(34)46)20-10-8-19(38)9-11-20/h1-12,16,24-25,27-28,41H,13-15,17H2,(H,44,45). The first-order chi connectivity index (χ1) is 22.9. The first kappa shape index (κ1) is 32.0. The van der Waals surface area contributed by atoms with Gasteiger partial charge < -0.3 is 14.9 Å². The van der Waals surface area contributed by atoms with E-state index in [1.165, 1.54) is 36.4 Å². The molecule has 4 aliphatic rings. The maximum Gasteiger partial charge on any atom is 0.335 e. The summed E-state index contributed by atoms with van der Waals surface area (Å²) in [6.07, 6.45) is 1.57. The number of hydrogen-bond acceptors (Lipinski definition) is 7. The molecule has 0 aromatic heterocycles. The number of allylic oxidation sites excluding steroid dienone is 2. The Kier molecular flexibility index (Phi) is 7.69. The molecule has 10 nitrogen and oxygen atoms in total. The molecule has 0 radical (unpaired) electrons. The lowest BCUT2D eigenvalue weighted by Crippen LogP contribution is -2.60. The minimum Gasteiger partial charge on any atom is -0.491 e. The highest BCUT2D eigenvalue weighted by molar-refractivity contribution is 6.58. The van der Waals surface area contributed by atoms with Crippen LogP contribution in [0, 0.1) is 23.6 Å². The molecular formula is C35H27Cl2FN2O8. The molecule has 3 aromatic rings. The van der Waals surface area contributed by atoms with Gasteiger partial charge in [-0.3, -0.25) is 24.1 Å². The Bertz CT molecular complexity index is 1940. The van der Waals surface area contributed by atoms with E-state index in [1.807, 2.05) is 0 Å². The van der Waals surface area contributed by atoms with Crippen LogP contribution in [0.15, 0.2) is 84.4 Å². The van der Waals surface area contributed by atoms with E-state index in [2.05, 4.69) is 0 Å². The summed E-state index contributed by atoms with van der Waals surface area (Å²) in [6.45, 7) is -0.408. The highest BCUT2D eigenvalue weighted by Gasteiger charge is 2.77. The van der Waals surface area contributed by atoms with Gasteiger partial charge >= 0.3 is 5.97 Å². The SMILES string of the molecule is O=C(O)c1cccc(N2C(=O)C3CC=C4C(CC5(Cl)C(=O)N(c6ccc(F)cc6)C(=O)C5(Cl)C4c4ccccc4OCCO)C3C2=O)c1. The largest absolute Gasteiger partial charge is 0.491 e. The summed E-state index contributed by atoms with van der Waals surface area (Å²) >= 11 is 14.8. The molecule has 246 valence electrons. The van der Waals surface area contributed by atoms with E-state index >= 15 is 0 Å². The van der Waals surface area contributed by atoms with E-state index in [9.17, 15) is 38.6 Å². The Morgan fingerprint density at radius 2 is 1.62 bits per heavy atom. The van der Waals surface area contributed by atoms with Gasteiger partial charge in [0.05, 0.1) is 35.4 Å². The van der Waals surface area contributed by atoms with Gasteiger partial charge in [-0.2, -0.15) is 0 Å². The maximum absolute atomic E-state index is 14.5. The molecule has 3 fully saturated rings. The molecule has 6 atom stereocenters. The fraction of sp³-hybridized carbons (Fsp3) is 0.286. The first-order valence-corrected chi connectivity index (χ1v) is 16.0. The molecule has 2 aliphatic carbocycles. The number of benzene rings is 3. The molecule has 3 aromatic carbocycles. The molecule has 1 saturated carbocycles. The van der Waals surface area contributed by atoms with Crippen LogP contribution in [0.2, 0.25) is 0 Å². The number of alkyl halides is 2. The normalized spacial score (nSPS) is 29.4. The number of carbonyl (C=O) groups is 5. The molecule has 4 amide bonds. The van der Waals surface area contributed by atoms with Crippen molar-refractivity contribution in [3.8, 4) is 5.75 Å². The van der Waals surface area contributed by atoms with Crippen molar-refractivity contribution in [1.82, 2.24) is 0 Å². The lowest BCUT2D eigenvalue weighted by Gasteiger charge is -2.50. The van der Waals surface area contributed by atoms with Crippen molar-refractivity contribution in [2.24, 2.45) is 17.8 Å². The van der Waals surface area contributed by atoms with Gasteiger partial charge in [0.15, 0.2) is 9.75 Å². The third-order valence-electron chi connectivity index (χ3n) is 9.83. The Morgan fingerprint density at radius 1 is 0.896 bits per heavy atom. The van der Waals surface area contributed by atoms with Crippen LogP contribution in [0.25, 0.3) is 0 Å². The number of fused-ring (bicyclic) bond motifs is 4. The van der Waals surface area contributed by atoms with Crippen LogP contribution < -0.4 is 14.5 Å². The number of para-hydroxylation sites is 1. The number of hydrogen-bond donors (Lipinski definition) is 2. The van der Waals surface area contributed by atoms with Gasteiger partial charge in [0.2, 0.25) is 11.8 Å². The molecule has 0 spiro atoms. The van der Waals surface area contributed by atoms with Gasteiger partial charge in [0.1, 0.15) is 18.2 Å². The van der Waals surface area contributed by atoms with Crippen molar-refractivity contribution in [3.63, 3.8) is 0 Å². The quantitative estimate of drug-likeness (QED) is 0.207. The van der Waals surface area contributed by atoms with E-state index in [4.69, 9.17) is 27.9 Å². The van der Waals surface area contributed by atoms with Crippen molar-refractivity contribution in [2.75, 3.05) is 23.0 Å². The molecule has 7 rings (SSSR count). The van der Waals surface area contributed by atoms with Gasteiger partial charge in [-0.1, -0.05) is 35.9 Å². The summed E-state index contributed by atoms with van der Waals surface area (Å²) in [4.78, 5) is 66.2. The minimum atomic E-state index is -2.16. The van der Waals surface area contributed by atoms with Crippen LogP contribution >= 0.6 is 23.2 Å². The average Bonchev–Trinajstić information content (AvgIpc) is 3.42. The number of halogens is 3. The molecule has 6 unspecified atom stereocenters. The summed E-state index contributed by atoms with van der Waals surface area (Å²) in [5.74, 6) is -8.25. The van der Waals surface area contributed by atoms with Crippen molar-refractivity contribution in [3.05, 3.63) is 101 Å².